The van der Waals surface area contributed by atoms with Gasteiger partial charge in [-0.25, -0.2) is 0 Å². The standard InChI is InChI=1S/C4H8N2O2S/c5-4(7)3-1-6-2-9(3)8/h3,6H,1-2H2,(H2,5,7). The van der Waals surface area contributed by atoms with Crippen molar-refractivity contribution >= 4 is 17.1 Å². The van der Waals surface area contributed by atoms with Crippen molar-refractivity contribution in [2.24, 2.45) is 5.73 Å². The Labute approximate surface area is 56.0 Å². The number of nitrogens with one attached hydrogen (secondary N) is 1. The van der Waals surface area contributed by atoms with E-state index in [2.05, 4.69) is 5.32 Å². The first-order chi connectivity index (χ1) is 4.22. The Kier molecular flexibility index (Phi) is 1.94. The van der Waals surface area contributed by atoms with Crippen molar-refractivity contribution in [3.05, 3.63) is 0 Å². The molecule has 1 saturated heterocycles. The van der Waals surface area contributed by atoms with Gasteiger partial charge >= 0.3 is 0 Å². The van der Waals surface area contributed by atoms with E-state index < -0.39 is 22.3 Å². The molecule has 1 heterocycles. The summed E-state index contributed by atoms with van der Waals surface area (Å²) in [6, 6.07) is 0. The Morgan fingerprint density at radius 2 is 2.56 bits per heavy atom. The molecule has 5 heteroatoms. The zero-order valence-corrected chi connectivity index (χ0v) is 5.61. The largest absolute Gasteiger partial charge is 0.615 e. The van der Waals surface area contributed by atoms with Crippen molar-refractivity contribution in [3.8, 4) is 0 Å². The predicted molar refractivity (Wildman–Crippen MR) is 34.0 cm³/mol. The molecular weight excluding hydrogens is 140 g/mol. The van der Waals surface area contributed by atoms with Crippen LogP contribution in [0.25, 0.3) is 0 Å². The molecule has 0 aromatic heterocycles. The number of nitrogens with two attached hydrogens (primary N) is 1. The fourth-order valence-electron chi connectivity index (χ4n) is 0.714. The minimum Gasteiger partial charge on any atom is -0.615 e. The minimum absolute atomic E-state index is 0.396. The van der Waals surface area contributed by atoms with Gasteiger partial charge in [0.05, 0.1) is 6.54 Å². The van der Waals surface area contributed by atoms with Crippen molar-refractivity contribution in [2.75, 3.05) is 12.4 Å². The average Bonchev–Trinajstić information content (AvgIpc) is 2.13. The molecule has 0 aromatic rings. The topological polar surface area (TPSA) is 78.2 Å². The molecule has 1 rings (SSSR count). The summed E-state index contributed by atoms with van der Waals surface area (Å²) in [7, 11) is 0. The van der Waals surface area contributed by atoms with Crippen LogP contribution in [-0.2, 0) is 16.0 Å². The van der Waals surface area contributed by atoms with E-state index in [1.807, 2.05) is 0 Å². The molecule has 0 spiro atoms. The third-order valence-electron chi connectivity index (χ3n) is 1.21. The van der Waals surface area contributed by atoms with Crippen LogP contribution < -0.4 is 11.1 Å². The molecule has 0 aliphatic carbocycles. The zero-order chi connectivity index (χ0) is 6.85. The van der Waals surface area contributed by atoms with Crippen LogP contribution in [0.5, 0.6) is 0 Å². The lowest BCUT2D eigenvalue weighted by Crippen LogP contribution is -2.35. The first kappa shape index (κ1) is 6.85. The Hall–Kier alpha value is -0.260. The molecule has 9 heavy (non-hydrogen) atoms. The number of carbonyl (C=O) groups excluding carboxylic acids is 1. The van der Waals surface area contributed by atoms with Gasteiger partial charge in [0.25, 0.3) is 5.91 Å². The van der Waals surface area contributed by atoms with Gasteiger partial charge in [-0.05, 0) is 11.2 Å². The number of hydrogen-bond donors (Lipinski definition) is 2. The van der Waals surface area contributed by atoms with E-state index in [1.165, 1.54) is 0 Å². The SMILES string of the molecule is NC(=O)C1CNC[S+]1[O-]. The van der Waals surface area contributed by atoms with E-state index in [0.29, 0.717) is 12.4 Å². The normalized spacial score (nSPS) is 34.8. The Bertz CT molecular complexity index is 130. The van der Waals surface area contributed by atoms with Crippen LogP contribution in [0.15, 0.2) is 0 Å². The fraction of sp³-hybridized carbons (Fsp3) is 0.750. The van der Waals surface area contributed by atoms with Crippen molar-refractivity contribution in [1.29, 1.82) is 0 Å². The summed E-state index contributed by atoms with van der Waals surface area (Å²) in [6.07, 6.45) is 0. The number of primary amides is 1. The van der Waals surface area contributed by atoms with Gasteiger partial charge in [0, 0.05) is 0 Å². The van der Waals surface area contributed by atoms with Crippen LogP contribution in [0, 0.1) is 0 Å². The third-order valence-corrected chi connectivity index (χ3v) is 2.73. The molecule has 2 atom stereocenters. The van der Waals surface area contributed by atoms with E-state index in [4.69, 9.17) is 5.73 Å². The van der Waals surface area contributed by atoms with Crippen LogP contribution in [0.1, 0.15) is 0 Å². The highest BCUT2D eigenvalue weighted by molar-refractivity contribution is 7.93. The second-order valence-electron chi connectivity index (χ2n) is 1.87. The first-order valence-corrected chi connectivity index (χ1v) is 3.97. The molecule has 52 valence electrons. The monoisotopic (exact) mass is 148 g/mol. The van der Waals surface area contributed by atoms with E-state index in [-0.39, 0.29) is 0 Å². The second kappa shape index (κ2) is 2.55. The summed E-state index contributed by atoms with van der Waals surface area (Å²) < 4.78 is 10.8. The predicted octanol–water partition coefficient (Wildman–Crippen LogP) is -1.85. The molecule has 3 N–H and O–H groups in total. The van der Waals surface area contributed by atoms with Crippen LogP contribution >= 0.6 is 0 Å². The maximum atomic E-state index is 10.8. The lowest BCUT2D eigenvalue weighted by molar-refractivity contribution is -0.117. The molecule has 0 aromatic carbocycles. The molecule has 0 radical (unpaired) electrons. The second-order valence-corrected chi connectivity index (χ2v) is 3.49. The van der Waals surface area contributed by atoms with Crippen LogP contribution in [0.4, 0.5) is 0 Å². The maximum Gasteiger partial charge on any atom is 0.271 e. The van der Waals surface area contributed by atoms with Crippen molar-refractivity contribution in [2.45, 2.75) is 5.25 Å². The van der Waals surface area contributed by atoms with Gasteiger partial charge in [-0.1, -0.05) is 0 Å². The maximum absolute atomic E-state index is 10.8. The van der Waals surface area contributed by atoms with Gasteiger partial charge < -0.3 is 10.3 Å². The van der Waals surface area contributed by atoms with Gasteiger partial charge in [-0.15, -0.1) is 0 Å². The molecule has 1 aliphatic heterocycles. The molecule has 4 nitrogen and oxygen atoms in total. The van der Waals surface area contributed by atoms with Gasteiger partial charge in [-0.2, -0.15) is 0 Å². The molecule has 0 bridgehead atoms. The Morgan fingerprint density at radius 1 is 1.89 bits per heavy atom. The van der Waals surface area contributed by atoms with Gasteiger partial charge in [0.1, 0.15) is 0 Å². The Morgan fingerprint density at radius 3 is 2.78 bits per heavy atom. The Balaban J connectivity index is 2.49. The van der Waals surface area contributed by atoms with Crippen LogP contribution in [-0.4, -0.2) is 28.1 Å². The summed E-state index contributed by atoms with van der Waals surface area (Å²) in [5.74, 6) is -0.0773. The number of carbonyl (C=O) groups is 1. The van der Waals surface area contributed by atoms with Crippen molar-refractivity contribution in [1.82, 2.24) is 5.32 Å². The molecule has 1 fully saturated rings. The number of rotatable bonds is 1. The van der Waals surface area contributed by atoms with E-state index in [9.17, 15) is 9.35 Å². The smallest absolute Gasteiger partial charge is 0.271 e. The van der Waals surface area contributed by atoms with E-state index in [0.717, 1.165) is 0 Å². The summed E-state index contributed by atoms with van der Waals surface area (Å²) in [5, 5.41) is 2.33. The third kappa shape index (κ3) is 1.35. The summed E-state index contributed by atoms with van der Waals surface area (Å²) >= 11 is -1.08. The lowest BCUT2D eigenvalue weighted by Gasteiger charge is -2.06. The van der Waals surface area contributed by atoms with Gasteiger partial charge in [-0.3, -0.25) is 10.1 Å². The summed E-state index contributed by atoms with van der Waals surface area (Å²) in [4.78, 5) is 10.4. The lowest BCUT2D eigenvalue weighted by atomic mass is 10.4. The molecule has 1 aliphatic rings. The average molecular weight is 148 g/mol. The minimum atomic E-state index is -1.08. The van der Waals surface area contributed by atoms with Crippen LogP contribution in [0.2, 0.25) is 0 Å². The highest BCUT2D eigenvalue weighted by Crippen LogP contribution is 2.05. The summed E-state index contributed by atoms with van der Waals surface area (Å²) in [6.45, 7) is 0.460. The number of hydrogen-bond acceptors (Lipinski definition) is 3. The van der Waals surface area contributed by atoms with Gasteiger partial charge in [0.15, 0.2) is 5.88 Å². The van der Waals surface area contributed by atoms with Crippen molar-refractivity contribution in [3.63, 3.8) is 0 Å². The zero-order valence-electron chi connectivity index (χ0n) is 4.79. The fourth-order valence-corrected chi connectivity index (χ4v) is 1.80. The molecule has 2 unspecified atom stereocenters. The quantitative estimate of drug-likeness (QED) is 0.428. The highest BCUT2D eigenvalue weighted by Gasteiger charge is 2.33. The van der Waals surface area contributed by atoms with E-state index in [1.54, 1.807) is 0 Å². The molecular formula is C4H8N2O2S. The van der Waals surface area contributed by atoms with Crippen LogP contribution in [0.3, 0.4) is 0 Å². The molecule has 1 amide bonds. The number of amides is 1. The van der Waals surface area contributed by atoms with Gasteiger partial charge in [0.2, 0.25) is 5.25 Å². The highest BCUT2D eigenvalue weighted by atomic mass is 32.2. The first-order valence-electron chi connectivity index (χ1n) is 2.59. The van der Waals surface area contributed by atoms with Crippen molar-refractivity contribution < 1.29 is 9.35 Å². The molecule has 0 saturated carbocycles. The summed E-state index contributed by atoms with van der Waals surface area (Å²) in [5.41, 5.74) is 4.92. The van der Waals surface area contributed by atoms with E-state index >= 15 is 0 Å².